The summed E-state index contributed by atoms with van der Waals surface area (Å²) < 4.78 is 23.6. The van der Waals surface area contributed by atoms with Gasteiger partial charge in [-0.15, -0.1) is 24.0 Å². The van der Waals surface area contributed by atoms with Crippen molar-refractivity contribution in [1.29, 1.82) is 0 Å². The number of nitrogens with zero attached hydrogens (tertiary/aromatic N) is 3. The Morgan fingerprint density at radius 2 is 1.84 bits per heavy atom. The molecule has 2 aliphatic heterocycles. The minimum absolute atomic E-state index is 0. The van der Waals surface area contributed by atoms with Crippen LogP contribution in [0.5, 0.6) is 0 Å². The number of nitrogens with one attached hydrogen (secondary N) is 1. The van der Waals surface area contributed by atoms with Crippen molar-refractivity contribution < 1.29 is 8.42 Å². The Labute approximate surface area is 170 Å². The first kappa shape index (κ1) is 23.0. The second kappa shape index (κ2) is 10.3. The van der Waals surface area contributed by atoms with E-state index in [1.165, 1.54) is 38.9 Å². The molecule has 0 aliphatic carbocycles. The highest BCUT2D eigenvalue weighted by Crippen LogP contribution is 2.23. The summed E-state index contributed by atoms with van der Waals surface area (Å²) in [5.74, 6) is 1.07. The van der Waals surface area contributed by atoms with Gasteiger partial charge < -0.3 is 15.1 Å². The van der Waals surface area contributed by atoms with E-state index in [-0.39, 0.29) is 29.7 Å². The molecule has 0 aromatic rings. The third kappa shape index (κ3) is 6.53. The van der Waals surface area contributed by atoms with Crippen LogP contribution in [-0.4, -0.2) is 80.5 Å². The molecule has 2 saturated heterocycles. The molecule has 2 aliphatic rings. The lowest BCUT2D eigenvalue weighted by Crippen LogP contribution is -2.57. The molecule has 0 unspecified atom stereocenters. The lowest BCUT2D eigenvalue weighted by molar-refractivity contribution is 0.330. The molecule has 148 valence electrons. The van der Waals surface area contributed by atoms with E-state index < -0.39 is 14.6 Å². The summed E-state index contributed by atoms with van der Waals surface area (Å²) in [6.07, 6.45) is 4.95. The number of sulfone groups is 1. The van der Waals surface area contributed by atoms with Crippen molar-refractivity contribution in [3.05, 3.63) is 0 Å². The minimum Gasteiger partial charge on any atom is -0.357 e. The van der Waals surface area contributed by atoms with Crippen LogP contribution >= 0.6 is 24.0 Å². The Bertz CT molecular complexity index is 531. The average molecular weight is 486 g/mol. The molecule has 1 N–H and O–H groups in total. The number of rotatable bonds is 6. The van der Waals surface area contributed by atoms with E-state index in [4.69, 9.17) is 4.99 Å². The van der Waals surface area contributed by atoms with Crippen LogP contribution in [0.15, 0.2) is 4.99 Å². The molecule has 0 saturated carbocycles. The number of likely N-dealkylation sites (tertiary alicyclic amines) is 1. The van der Waals surface area contributed by atoms with Gasteiger partial charge in [-0.1, -0.05) is 0 Å². The van der Waals surface area contributed by atoms with E-state index in [2.05, 4.69) is 22.0 Å². The van der Waals surface area contributed by atoms with Crippen molar-refractivity contribution in [3.63, 3.8) is 0 Å². The normalized spacial score (nSPS) is 23.3. The Balaban J connectivity index is 0.00000312. The SMILES string of the molecule is CCNC(=NCCCCN1CCCC1)N1CCS(=O)(=O)C(C)(C)C1.I. The summed E-state index contributed by atoms with van der Waals surface area (Å²) in [6.45, 7) is 12.0. The predicted molar refractivity (Wildman–Crippen MR) is 116 cm³/mol. The van der Waals surface area contributed by atoms with Crippen molar-refractivity contribution >= 4 is 39.8 Å². The standard InChI is InChI=1S/C17H34N4O2S.HI/c1-4-18-16(19-9-5-6-10-20-11-7-8-12-20)21-13-14-24(22,23)17(2,3)15-21;/h4-15H2,1-3H3,(H,18,19);1H. The monoisotopic (exact) mass is 486 g/mol. The van der Waals surface area contributed by atoms with Crippen LogP contribution in [0, 0.1) is 0 Å². The van der Waals surface area contributed by atoms with Gasteiger partial charge in [0.15, 0.2) is 15.8 Å². The summed E-state index contributed by atoms with van der Waals surface area (Å²) in [7, 11) is -3.01. The summed E-state index contributed by atoms with van der Waals surface area (Å²) in [5, 5.41) is 3.32. The molecule has 0 atom stereocenters. The molecule has 25 heavy (non-hydrogen) atoms. The number of unbranched alkanes of at least 4 members (excludes halogenated alkanes) is 1. The van der Waals surface area contributed by atoms with Crippen molar-refractivity contribution in [1.82, 2.24) is 15.1 Å². The van der Waals surface area contributed by atoms with E-state index in [1.807, 2.05) is 13.8 Å². The first-order valence-corrected chi connectivity index (χ1v) is 11.0. The predicted octanol–water partition coefficient (Wildman–Crippen LogP) is 1.95. The fourth-order valence-electron chi connectivity index (χ4n) is 3.39. The fraction of sp³-hybridized carbons (Fsp3) is 0.941. The van der Waals surface area contributed by atoms with Gasteiger partial charge in [-0.05, 0) is 66.1 Å². The van der Waals surface area contributed by atoms with E-state index in [9.17, 15) is 8.42 Å². The van der Waals surface area contributed by atoms with E-state index in [0.717, 1.165) is 25.5 Å². The molecular formula is C17H35IN4O2S. The van der Waals surface area contributed by atoms with Crippen molar-refractivity contribution in [3.8, 4) is 0 Å². The maximum atomic E-state index is 12.2. The van der Waals surface area contributed by atoms with Gasteiger partial charge in [0.25, 0.3) is 0 Å². The molecule has 0 aromatic heterocycles. The van der Waals surface area contributed by atoms with Crippen LogP contribution in [0.25, 0.3) is 0 Å². The average Bonchev–Trinajstić information content (AvgIpc) is 3.02. The quantitative estimate of drug-likeness (QED) is 0.269. The first-order chi connectivity index (χ1) is 11.4. The summed E-state index contributed by atoms with van der Waals surface area (Å²) in [4.78, 5) is 9.37. The molecule has 2 heterocycles. The van der Waals surface area contributed by atoms with Gasteiger partial charge in [0.2, 0.25) is 0 Å². The number of guanidine groups is 1. The van der Waals surface area contributed by atoms with Gasteiger partial charge >= 0.3 is 0 Å². The lowest BCUT2D eigenvalue weighted by Gasteiger charge is -2.39. The minimum atomic E-state index is -3.01. The maximum Gasteiger partial charge on any atom is 0.193 e. The van der Waals surface area contributed by atoms with Crippen LogP contribution in [-0.2, 0) is 9.84 Å². The first-order valence-electron chi connectivity index (χ1n) is 9.33. The van der Waals surface area contributed by atoms with Crippen molar-refractivity contribution in [2.24, 2.45) is 4.99 Å². The number of hydrogen-bond donors (Lipinski definition) is 1. The summed E-state index contributed by atoms with van der Waals surface area (Å²) >= 11 is 0. The largest absolute Gasteiger partial charge is 0.357 e. The smallest absolute Gasteiger partial charge is 0.193 e. The van der Waals surface area contributed by atoms with Gasteiger partial charge in [-0.25, -0.2) is 8.42 Å². The topological polar surface area (TPSA) is 65.0 Å². The fourth-order valence-corrected chi connectivity index (χ4v) is 4.75. The van der Waals surface area contributed by atoms with Crippen molar-refractivity contribution in [2.45, 2.75) is 51.2 Å². The van der Waals surface area contributed by atoms with Gasteiger partial charge in [0.05, 0.1) is 10.5 Å². The van der Waals surface area contributed by atoms with Crippen LogP contribution in [0.1, 0.15) is 46.5 Å². The molecule has 0 radical (unpaired) electrons. The highest BCUT2D eigenvalue weighted by Gasteiger charge is 2.40. The molecule has 0 aromatic carbocycles. The third-order valence-corrected chi connectivity index (χ3v) is 7.55. The Morgan fingerprint density at radius 3 is 2.44 bits per heavy atom. The molecule has 2 rings (SSSR count). The van der Waals surface area contributed by atoms with Crippen LogP contribution in [0.3, 0.4) is 0 Å². The van der Waals surface area contributed by atoms with E-state index in [1.54, 1.807) is 0 Å². The summed E-state index contributed by atoms with van der Waals surface area (Å²) in [5.41, 5.74) is 0. The highest BCUT2D eigenvalue weighted by molar-refractivity contribution is 14.0. The van der Waals surface area contributed by atoms with Gasteiger partial charge in [0, 0.05) is 26.2 Å². The van der Waals surface area contributed by atoms with Crippen LogP contribution in [0.4, 0.5) is 0 Å². The van der Waals surface area contributed by atoms with Gasteiger partial charge in [-0.3, -0.25) is 4.99 Å². The lowest BCUT2D eigenvalue weighted by atomic mass is 10.2. The van der Waals surface area contributed by atoms with Crippen molar-refractivity contribution in [2.75, 3.05) is 51.6 Å². The number of hydrogen-bond acceptors (Lipinski definition) is 4. The molecular weight excluding hydrogens is 451 g/mol. The Kier molecular flexibility index (Phi) is 9.45. The number of halogens is 1. The van der Waals surface area contributed by atoms with Gasteiger partial charge in [-0.2, -0.15) is 0 Å². The zero-order chi connectivity index (χ0) is 17.6. The van der Waals surface area contributed by atoms with Crippen LogP contribution < -0.4 is 5.32 Å². The third-order valence-electron chi connectivity index (χ3n) is 5.02. The van der Waals surface area contributed by atoms with E-state index in [0.29, 0.717) is 13.1 Å². The molecule has 0 amide bonds. The zero-order valence-corrected chi connectivity index (χ0v) is 19.1. The Morgan fingerprint density at radius 1 is 1.16 bits per heavy atom. The molecule has 0 spiro atoms. The van der Waals surface area contributed by atoms with Gasteiger partial charge in [0.1, 0.15) is 0 Å². The maximum absolute atomic E-state index is 12.2. The molecule has 8 heteroatoms. The second-order valence-corrected chi connectivity index (χ2v) is 10.2. The molecule has 0 bridgehead atoms. The highest BCUT2D eigenvalue weighted by atomic mass is 127. The van der Waals surface area contributed by atoms with E-state index >= 15 is 0 Å². The Hall–Kier alpha value is -0.0900. The number of aliphatic imine (C=N–C) groups is 1. The molecule has 6 nitrogen and oxygen atoms in total. The zero-order valence-electron chi connectivity index (χ0n) is 16.0. The summed E-state index contributed by atoms with van der Waals surface area (Å²) in [6, 6.07) is 0. The second-order valence-electron chi connectivity index (χ2n) is 7.49. The molecule has 2 fully saturated rings. The van der Waals surface area contributed by atoms with Crippen LogP contribution in [0.2, 0.25) is 0 Å².